The van der Waals surface area contributed by atoms with E-state index < -0.39 is 5.60 Å². The number of allylic oxidation sites excluding steroid dienone is 3. The molecule has 2 fully saturated rings. The minimum absolute atomic E-state index is 0.00781. The highest BCUT2D eigenvalue weighted by Crippen LogP contribution is 2.67. The van der Waals surface area contributed by atoms with Crippen LogP contribution < -0.4 is 0 Å². The molecule has 0 radical (unpaired) electrons. The van der Waals surface area contributed by atoms with Crippen LogP contribution in [0.5, 0.6) is 0 Å². The molecule has 0 aromatic heterocycles. The third-order valence-corrected chi connectivity index (χ3v) is 8.30. The van der Waals surface area contributed by atoms with Gasteiger partial charge in [0, 0.05) is 11.8 Å². The molecule has 0 bridgehead atoms. The molecule has 0 aromatic carbocycles. The van der Waals surface area contributed by atoms with Crippen molar-refractivity contribution < 1.29 is 9.90 Å². The standard InChI is InChI=1S/C21H28O2/c1-20-8-7-17-16-6-5-15(22)10-14(16)9-12-3-4-13(11-21(20,2)23)19(20)18(12)17/h10,12-13,16-17,23H,3-9,11H2,1-2H3/t12-,13+,16+,17-,20+,21+/m1/s1. The molecule has 2 heteroatoms. The molecule has 23 heavy (non-hydrogen) atoms. The SMILES string of the molecule is C[C@]1(O)C[C@@H]2CC[C@@H]3CC4=CC(=O)CC[C@@H]4[C@H]4CC[C@@]1(C)C2=C34. The molecule has 0 heterocycles. The monoisotopic (exact) mass is 312 g/mol. The molecule has 5 aliphatic carbocycles. The molecule has 0 spiro atoms. The van der Waals surface area contributed by atoms with Crippen LogP contribution in [-0.2, 0) is 4.79 Å². The summed E-state index contributed by atoms with van der Waals surface area (Å²) in [4.78, 5) is 11.9. The lowest BCUT2D eigenvalue weighted by Crippen LogP contribution is -2.46. The van der Waals surface area contributed by atoms with E-state index in [-0.39, 0.29) is 5.41 Å². The predicted molar refractivity (Wildman–Crippen MR) is 89.7 cm³/mol. The van der Waals surface area contributed by atoms with Crippen molar-refractivity contribution in [3.05, 3.63) is 22.8 Å². The summed E-state index contributed by atoms with van der Waals surface area (Å²) in [6.07, 6.45) is 10.8. The van der Waals surface area contributed by atoms with Crippen LogP contribution in [0.1, 0.15) is 65.2 Å². The van der Waals surface area contributed by atoms with Crippen molar-refractivity contribution in [3.63, 3.8) is 0 Å². The van der Waals surface area contributed by atoms with E-state index >= 15 is 0 Å². The van der Waals surface area contributed by atoms with Gasteiger partial charge in [0.15, 0.2) is 5.78 Å². The third kappa shape index (κ3) is 1.71. The van der Waals surface area contributed by atoms with Crippen LogP contribution >= 0.6 is 0 Å². The zero-order chi connectivity index (χ0) is 16.0. The van der Waals surface area contributed by atoms with Crippen molar-refractivity contribution in [1.82, 2.24) is 0 Å². The largest absolute Gasteiger partial charge is 0.389 e. The second-order valence-electron chi connectivity index (χ2n) is 9.33. The summed E-state index contributed by atoms with van der Waals surface area (Å²) >= 11 is 0. The molecule has 5 aliphatic rings. The highest BCUT2D eigenvalue weighted by Gasteiger charge is 2.60. The van der Waals surface area contributed by atoms with Crippen LogP contribution in [0.15, 0.2) is 22.8 Å². The van der Waals surface area contributed by atoms with Crippen molar-refractivity contribution in [2.24, 2.45) is 29.1 Å². The fraction of sp³-hybridized carbons (Fsp3) is 0.762. The van der Waals surface area contributed by atoms with Crippen LogP contribution in [-0.4, -0.2) is 16.5 Å². The number of hydrogen-bond donors (Lipinski definition) is 1. The number of fused-ring (bicyclic) bond motifs is 2. The second-order valence-corrected chi connectivity index (χ2v) is 9.33. The van der Waals surface area contributed by atoms with E-state index in [0.29, 0.717) is 29.5 Å². The van der Waals surface area contributed by atoms with Crippen LogP contribution in [0.25, 0.3) is 0 Å². The molecule has 2 nitrogen and oxygen atoms in total. The summed E-state index contributed by atoms with van der Waals surface area (Å²) in [5, 5.41) is 11.1. The van der Waals surface area contributed by atoms with Crippen molar-refractivity contribution in [2.75, 3.05) is 0 Å². The van der Waals surface area contributed by atoms with Crippen LogP contribution in [0.4, 0.5) is 0 Å². The summed E-state index contributed by atoms with van der Waals surface area (Å²) in [7, 11) is 0. The summed E-state index contributed by atoms with van der Waals surface area (Å²) in [5.74, 6) is 2.94. The Labute approximate surface area is 139 Å². The van der Waals surface area contributed by atoms with Gasteiger partial charge in [0.25, 0.3) is 0 Å². The van der Waals surface area contributed by atoms with Crippen molar-refractivity contribution >= 4 is 5.78 Å². The van der Waals surface area contributed by atoms with E-state index in [1.54, 1.807) is 11.1 Å². The maximum Gasteiger partial charge on any atom is 0.155 e. The van der Waals surface area contributed by atoms with Gasteiger partial charge in [0.05, 0.1) is 5.60 Å². The molecule has 124 valence electrons. The van der Waals surface area contributed by atoms with Gasteiger partial charge in [0.2, 0.25) is 0 Å². The molecule has 1 N–H and O–H groups in total. The van der Waals surface area contributed by atoms with Gasteiger partial charge in [-0.3, -0.25) is 4.79 Å². The lowest BCUT2D eigenvalue weighted by Gasteiger charge is -2.53. The molecule has 0 unspecified atom stereocenters. The Hall–Kier alpha value is -0.890. The Balaban J connectivity index is 1.67. The van der Waals surface area contributed by atoms with Crippen molar-refractivity contribution in [1.29, 1.82) is 0 Å². The third-order valence-electron chi connectivity index (χ3n) is 8.30. The zero-order valence-corrected chi connectivity index (χ0v) is 14.4. The predicted octanol–water partition coefficient (Wildman–Crippen LogP) is 4.19. The highest BCUT2D eigenvalue weighted by atomic mass is 16.3. The van der Waals surface area contributed by atoms with Gasteiger partial charge in [-0.1, -0.05) is 23.6 Å². The van der Waals surface area contributed by atoms with E-state index in [1.807, 2.05) is 6.08 Å². The normalized spacial score (nSPS) is 51.3. The van der Waals surface area contributed by atoms with Gasteiger partial charge in [-0.15, -0.1) is 0 Å². The second kappa shape index (κ2) is 4.39. The van der Waals surface area contributed by atoms with E-state index in [4.69, 9.17) is 0 Å². The lowest BCUT2D eigenvalue weighted by molar-refractivity contribution is -0.115. The molecule has 2 saturated carbocycles. The summed E-state index contributed by atoms with van der Waals surface area (Å²) in [6, 6.07) is 0. The summed E-state index contributed by atoms with van der Waals surface area (Å²) < 4.78 is 0. The first-order chi connectivity index (χ1) is 10.9. The number of ketones is 1. The smallest absolute Gasteiger partial charge is 0.155 e. The molecule has 0 saturated heterocycles. The zero-order valence-electron chi connectivity index (χ0n) is 14.4. The minimum Gasteiger partial charge on any atom is -0.389 e. The summed E-state index contributed by atoms with van der Waals surface area (Å²) in [6.45, 7) is 4.42. The molecule has 0 amide bonds. The quantitative estimate of drug-likeness (QED) is 0.681. The van der Waals surface area contributed by atoms with Crippen LogP contribution in [0, 0.1) is 29.1 Å². The van der Waals surface area contributed by atoms with Gasteiger partial charge in [-0.05, 0) is 81.6 Å². The Bertz CT molecular complexity index is 653. The van der Waals surface area contributed by atoms with Crippen molar-refractivity contribution in [2.45, 2.75) is 70.8 Å². The molecular formula is C21H28O2. The van der Waals surface area contributed by atoms with Gasteiger partial charge < -0.3 is 5.11 Å². The van der Waals surface area contributed by atoms with Crippen LogP contribution in [0.2, 0.25) is 0 Å². The first-order valence-corrected chi connectivity index (χ1v) is 9.61. The minimum atomic E-state index is -0.529. The fourth-order valence-corrected chi connectivity index (χ4v) is 7.09. The number of carbonyl (C=O) groups excluding carboxylic acids is 1. The molecule has 0 aliphatic heterocycles. The lowest BCUT2D eigenvalue weighted by atomic mass is 9.52. The van der Waals surface area contributed by atoms with E-state index in [2.05, 4.69) is 13.8 Å². The maximum absolute atomic E-state index is 11.9. The Morgan fingerprint density at radius 3 is 2.70 bits per heavy atom. The van der Waals surface area contributed by atoms with Crippen molar-refractivity contribution in [3.8, 4) is 0 Å². The van der Waals surface area contributed by atoms with E-state index in [1.165, 1.54) is 24.8 Å². The molecular weight excluding hydrogens is 284 g/mol. The molecule has 0 aromatic rings. The highest BCUT2D eigenvalue weighted by molar-refractivity contribution is 5.91. The first-order valence-electron chi connectivity index (χ1n) is 9.61. The number of rotatable bonds is 0. The first kappa shape index (κ1) is 14.5. The van der Waals surface area contributed by atoms with E-state index in [0.717, 1.165) is 32.1 Å². The number of hydrogen-bond acceptors (Lipinski definition) is 2. The number of carbonyl (C=O) groups is 1. The number of aliphatic hydroxyl groups is 1. The summed E-state index contributed by atoms with van der Waals surface area (Å²) in [5.41, 5.74) is 4.37. The molecule has 6 atom stereocenters. The molecule has 5 rings (SSSR count). The average Bonchev–Trinajstić information content (AvgIpc) is 2.71. The Kier molecular flexibility index (Phi) is 2.76. The van der Waals surface area contributed by atoms with Crippen LogP contribution in [0.3, 0.4) is 0 Å². The maximum atomic E-state index is 11.9. The topological polar surface area (TPSA) is 37.3 Å². The Morgan fingerprint density at radius 1 is 1.09 bits per heavy atom. The van der Waals surface area contributed by atoms with Gasteiger partial charge >= 0.3 is 0 Å². The van der Waals surface area contributed by atoms with Gasteiger partial charge in [-0.2, -0.15) is 0 Å². The van der Waals surface area contributed by atoms with Gasteiger partial charge in [-0.25, -0.2) is 0 Å². The van der Waals surface area contributed by atoms with E-state index in [9.17, 15) is 9.90 Å². The van der Waals surface area contributed by atoms with Gasteiger partial charge in [0.1, 0.15) is 0 Å². The Morgan fingerprint density at radius 2 is 1.87 bits per heavy atom. The fourth-order valence-electron chi connectivity index (χ4n) is 7.09. The average molecular weight is 312 g/mol.